The first-order valence-corrected chi connectivity index (χ1v) is 8.18. The summed E-state index contributed by atoms with van der Waals surface area (Å²) in [6, 6.07) is 12.4. The molecule has 0 bridgehead atoms. The minimum absolute atomic E-state index is 0.305. The Morgan fingerprint density at radius 3 is 2.68 bits per heavy atom. The highest BCUT2D eigenvalue weighted by atomic mass is 32.2. The van der Waals surface area contributed by atoms with Crippen LogP contribution in [0.1, 0.15) is 11.1 Å². The highest BCUT2D eigenvalue weighted by molar-refractivity contribution is 7.98. The second-order valence-electron chi connectivity index (χ2n) is 5.03. The second kappa shape index (κ2) is 7.14. The Morgan fingerprint density at radius 2 is 1.92 bits per heavy atom. The number of alkyl halides is 3. The molecule has 1 heterocycles. The van der Waals surface area contributed by atoms with Crippen molar-refractivity contribution in [3.8, 4) is 11.4 Å². The molecule has 0 saturated heterocycles. The third kappa shape index (κ3) is 3.93. The molecule has 0 atom stereocenters. The summed E-state index contributed by atoms with van der Waals surface area (Å²) in [6.07, 6.45) is -4.36. The van der Waals surface area contributed by atoms with Crippen LogP contribution < -0.4 is 4.74 Å². The highest BCUT2D eigenvalue weighted by Gasteiger charge is 2.30. The van der Waals surface area contributed by atoms with Gasteiger partial charge in [0.1, 0.15) is 11.4 Å². The molecule has 5 nitrogen and oxygen atoms in total. The Labute approximate surface area is 145 Å². The van der Waals surface area contributed by atoms with E-state index in [0.717, 1.165) is 12.1 Å². The van der Waals surface area contributed by atoms with Gasteiger partial charge in [-0.2, -0.15) is 17.9 Å². The van der Waals surface area contributed by atoms with E-state index in [1.807, 2.05) is 12.1 Å². The maximum absolute atomic E-state index is 12.8. The first-order chi connectivity index (χ1) is 12.0. The lowest BCUT2D eigenvalue weighted by molar-refractivity contribution is -0.137. The van der Waals surface area contributed by atoms with Crippen molar-refractivity contribution in [3.63, 3.8) is 0 Å². The number of hydrogen-bond acceptors (Lipinski definition) is 5. The van der Waals surface area contributed by atoms with Crippen LogP contribution in [0.25, 0.3) is 5.69 Å². The predicted molar refractivity (Wildman–Crippen MR) is 86.7 cm³/mol. The number of tetrazole rings is 1. The third-order valence-electron chi connectivity index (χ3n) is 3.38. The van der Waals surface area contributed by atoms with Crippen LogP contribution in [0, 0.1) is 0 Å². The van der Waals surface area contributed by atoms with E-state index in [4.69, 9.17) is 4.74 Å². The summed E-state index contributed by atoms with van der Waals surface area (Å²) in [5.74, 6) is 0.898. The molecule has 0 saturated carbocycles. The van der Waals surface area contributed by atoms with Crippen molar-refractivity contribution in [2.75, 3.05) is 7.11 Å². The second-order valence-corrected chi connectivity index (χ2v) is 5.97. The minimum atomic E-state index is -4.36. The lowest BCUT2D eigenvalue weighted by Gasteiger charge is -2.10. The zero-order valence-electron chi connectivity index (χ0n) is 13.1. The van der Waals surface area contributed by atoms with Crippen molar-refractivity contribution in [2.24, 2.45) is 0 Å². The van der Waals surface area contributed by atoms with E-state index < -0.39 is 11.7 Å². The molecule has 0 aliphatic heterocycles. The molecule has 2 aromatic carbocycles. The van der Waals surface area contributed by atoms with Crippen LogP contribution >= 0.6 is 11.8 Å². The molecule has 130 valence electrons. The van der Waals surface area contributed by atoms with Crippen molar-refractivity contribution >= 4 is 11.8 Å². The molecule has 0 amide bonds. The molecular weight excluding hydrogens is 353 g/mol. The normalized spacial score (nSPS) is 11.5. The van der Waals surface area contributed by atoms with Crippen LogP contribution in [0.3, 0.4) is 0 Å². The SMILES string of the molecule is COc1ccccc1-n1nnnc1SCc1cccc(C(F)(F)F)c1. The van der Waals surface area contributed by atoms with Crippen LogP contribution in [0.5, 0.6) is 5.75 Å². The summed E-state index contributed by atoms with van der Waals surface area (Å²) < 4.78 is 45.2. The van der Waals surface area contributed by atoms with Gasteiger partial charge in [-0.25, -0.2) is 0 Å². The van der Waals surface area contributed by atoms with Gasteiger partial charge in [-0.1, -0.05) is 42.1 Å². The first-order valence-electron chi connectivity index (χ1n) is 7.20. The summed E-state index contributed by atoms with van der Waals surface area (Å²) in [6.45, 7) is 0. The van der Waals surface area contributed by atoms with E-state index >= 15 is 0 Å². The van der Waals surface area contributed by atoms with Gasteiger partial charge in [0, 0.05) is 5.75 Å². The molecule has 25 heavy (non-hydrogen) atoms. The number of para-hydroxylation sites is 2. The van der Waals surface area contributed by atoms with Crippen LogP contribution in [0.4, 0.5) is 13.2 Å². The van der Waals surface area contributed by atoms with Gasteiger partial charge in [-0.05, 0) is 34.2 Å². The van der Waals surface area contributed by atoms with E-state index in [9.17, 15) is 13.2 Å². The Morgan fingerprint density at radius 1 is 1.12 bits per heavy atom. The zero-order chi connectivity index (χ0) is 17.9. The van der Waals surface area contributed by atoms with E-state index in [0.29, 0.717) is 27.9 Å². The van der Waals surface area contributed by atoms with E-state index in [1.54, 1.807) is 25.3 Å². The fourth-order valence-corrected chi connectivity index (χ4v) is 3.04. The molecule has 0 spiro atoms. The summed E-state index contributed by atoms with van der Waals surface area (Å²) in [5, 5.41) is 12.0. The first kappa shape index (κ1) is 17.3. The topological polar surface area (TPSA) is 52.8 Å². The average Bonchev–Trinajstić information content (AvgIpc) is 3.08. The van der Waals surface area contributed by atoms with Crippen molar-refractivity contribution < 1.29 is 17.9 Å². The number of thioether (sulfide) groups is 1. The molecule has 0 aliphatic rings. The van der Waals surface area contributed by atoms with Crippen LogP contribution in [0.15, 0.2) is 53.7 Å². The number of methoxy groups -OCH3 is 1. The largest absolute Gasteiger partial charge is 0.494 e. The fraction of sp³-hybridized carbons (Fsp3) is 0.188. The molecular formula is C16H13F3N4OS. The van der Waals surface area contributed by atoms with Gasteiger partial charge in [0.25, 0.3) is 0 Å². The Balaban J connectivity index is 1.81. The average molecular weight is 366 g/mol. The van der Waals surface area contributed by atoms with E-state index in [2.05, 4.69) is 15.5 Å². The van der Waals surface area contributed by atoms with Gasteiger partial charge in [0.05, 0.1) is 12.7 Å². The van der Waals surface area contributed by atoms with Gasteiger partial charge in [-0.3, -0.25) is 0 Å². The van der Waals surface area contributed by atoms with Gasteiger partial charge in [0.15, 0.2) is 0 Å². The van der Waals surface area contributed by atoms with E-state index in [-0.39, 0.29) is 0 Å². The number of halogens is 3. The van der Waals surface area contributed by atoms with Gasteiger partial charge in [-0.15, -0.1) is 5.10 Å². The van der Waals surface area contributed by atoms with Crippen LogP contribution in [-0.2, 0) is 11.9 Å². The zero-order valence-corrected chi connectivity index (χ0v) is 13.9. The number of benzene rings is 2. The van der Waals surface area contributed by atoms with Crippen molar-refractivity contribution in [1.82, 2.24) is 20.2 Å². The summed E-state index contributed by atoms with van der Waals surface area (Å²) >= 11 is 1.24. The quantitative estimate of drug-likeness (QED) is 0.639. The van der Waals surface area contributed by atoms with E-state index in [1.165, 1.54) is 22.5 Å². The van der Waals surface area contributed by atoms with Crippen LogP contribution in [-0.4, -0.2) is 27.3 Å². The minimum Gasteiger partial charge on any atom is -0.494 e. The van der Waals surface area contributed by atoms with Gasteiger partial charge in [0.2, 0.25) is 5.16 Å². The summed E-state index contributed by atoms with van der Waals surface area (Å²) in [5.41, 5.74) is 0.519. The number of aromatic nitrogens is 4. The highest BCUT2D eigenvalue weighted by Crippen LogP contribution is 2.31. The fourth-order valence-electron chi connectivity index (χ4n) is 2.21. The Bertz CT molecular complexity index is 866. The maximum Gasteiger partial charge on any atom is 0.416 e. The molecule has 9 heteroatoms. The predicted octanol–water partition coefficient (Wildman–Crippen LogP) is 3.98. The summed E-state index contributed by atoms with van der Waals surface area (Å²) in [7, 11) is 1.54. The van der Waals surface area contributed by atoms with Crippen LogP contribution in [0.2, 0.25) is 0 Å². The molecule has 1 aromatic heterocycles. The van der Waals surface area contributed by atoms with Crippen molar-refractivity contribution in [1.29, 1.82) is 0 Å². The molecule has 0 radical (unpaired) electrons. The number of ether oxygens (including phenoxy) is 1. The Hall–Kier alpha value is -2.55. The molecule has 3 aromatic rings. The Kier molecular flexibility index (Phi) is 4.93. The standard InChI is InChI=1S/C16H13F3N4OS/c1-24-14-8-3-2-7-13(14)23-15(20-21-22-23)25-10-11-5-4-6-12(9-11)16(17,18)19/h2-9H,10H2,1H3. The molecule has 3 rings (SSSR count). The third-order valence-corrected chi connectivity index (χ3v) is 4.37. The molecule has 0 aliphatic carbocycles. The monoisotopic (exact) mass is 366 g/mol. The number of nitrogens with zero attached hydrogens (tertiary/aromatic N) is 4. The molecule has 0 unspecified atom stereocenters. The van der Waals surface area contributed by atoms with Gasteiger partial charge >= 0.3 is 6.18 Å². The lowest BCUT2D eigenvalue weighted by atomic mass is 10.1. The lowest BCUT2D eigenvalue weighted by Crippen LogP contribution is -2.05. The molecule has 0 fully saturated rings. The number of rotatable bonds is 5. The summed E-state index contributed by atoms with van der Waals surface area (Å²) in [4.78, 5) is 0. The maximum atomic E-state index is 12.8. The van der Waals surface area contributed by atoms with Crippen molar-refractivity contribution in [3.05, 3.63) is 59.7 Å². The molecule has 0 N–H and O–H groups in total. The number of hydrogen-bond donors (Lipinski definition) is 0. The smallest absolute Gasteiger partial charge is 0.416 e. The van der Waals surface area contributed by atoms with Gasteiger partial charge < -0.3 is 4.74 Å². The van der Waals surface area contributed by atoms with Crippen molar-refractivity contribution in [2.45, 2.75) is 17.1 Å².